The number of aromatic nitrogens is 3. The number of fused-ring (bicyclic) bond motifs is 1. The molecule has 0 N–H and O–H groups in total. The summed E-state index contributed by atoms with van der Waals surface area (Å²) < 4.78 is 15.3. The van der Waals surface area contributed by atoms with Crippen molar-refractivity contribution in [1.29, 1.82) is 0 Å². The quantitative estimate of drug-likeness (QED) is 0.422. The Morgan fingerprint density at radius 3 is 2.69 bits per heavy atom. The number of thioether (sulfide) groups is 1. The van der Waals surface area contributed by atoms with Gasteiger partial charge in [-0.05, 0) is 41.5 Å². The van der Waals surface area contributed by atoms with Crippen molar-refractivity contribution in [2.45, 2.75) is 17.5 Å². The Bertz CT molecular complexity index is 1050. The molecule has 0 fully saturated rings. The van der Waals surface area contributed by atoms with E-state index in [2.05, 4.69) is 9.55 Å². The minimum absolute atomic E-state index is 0.235. The number of hydrogen-bond donors (Lipinski definition) is 0. The summed E-state index contributed by atoms with van der Waals surface area (Å²) in [5, 5.41) is 1.63. The Morgan fingerprint density at radius 2 is 1.88 bits per heavy atom. The molecule has 130 valence electrons. The average Bonchev–Trinajstić information content (AvgIpc) is 3.00. The van der Waals surface area contributed by atoms with Gasteiger partial charge in [-0.3, -0.25) is 4.98 Å². The predicted molar refractivity (Wildman–Crippen MR) is 104 cm³/mol. The van der Waals surface area contributed by atoms with Crippen molar-refractivity contribution in [2.24, 2.45) is 0 Å². The summed E-state index contributed by atoms with van der Waals surface area (Å²) in [6.07, 6.45) is 3.55. The van der Waals surface area contributed by atoms with Crippen molar-refractivity contribution in [2.75, 3.05) is 0 Å². The van der Waals surface area contributed by atoms with Crippen molar-refractivity contribution >= 4 is 34.4 Å². The van der Waals surface area contributed by atoms with E-state index in [0.29, 0.717) is 6.54 Å². The molecule has 0 radical (unpaired) electrons. The highest BCUT2D eigenvalue weighted by Gasteiger charge is 2.12. The van der Waals surface area contributed by atoms with Crippen LogP contribution in [-0.2, 0) is 12.3 Å². The summed E-state index contributed by atoms with van der Waals surface area (Å²) in [7, 11) is 0. The van der Waals surface area contributed by atoms with Gasteiger partial charge >= 0.3 is 0 Å². The first-order chi connectivity index (χ1) is 12.7. The summed E-state index contributed by atoms with van der Waals surface area (Å²) in [6.45, 7) is 0.611. The van der Waals surface area contributed by atoms with Gasteiger partial charge in [-0.15, -0.1) is 0 Å². The molecular formula is C20H15ClFN3S. The Balaban J connectivity index is 1.65. The molecular weight excluding hydrogens is 369 g/mol. The van der Waals surface area contributed by atoms with Gasteiger partial charge in [0.05, 0.1) is 23.8 Å². The Hall–Kier alpha value is -2.37. The van der Waals surface area contributed by atoms with Crippen molar-refractivity contribution < 1.29 is 4.39 Å². The van der Waals surface area contributed by atoms with Crippen LogP contribution in [0.15, 0.2) is 72.1 Å². The number of rotatable bonds is 5. The molecule has 26 heavy (non-hydrogen) atoms. The fraction of sp³-hybridized carbons (Fsp3) is 0.100. The summed E-state index contributed by atoms with van der Waals surface area (Å²) >= 11 is 7.72. The molecule has 0 unspecified atom stereocenters. The first kappa shape index (κ1) is 17.1. The van der Waals surface area contributed by atoms with E-state index in [4.69, 9.17) is 16.6 Å². The zero-order valence-corrected chi connectivity index (χ0v) is 15.3. The minimum Gasteiger partial charge on any atom is -0.313 e. The van der Waals surface area contributed by atoms with Crippen LogP contribution in [0.4, 0.5) is 4.39 Å². The first-order valence-corrected chi connectivity index (χ1v) is 9.47. The van der Waals surface area contributed by atoms with E-state index in [9.17, 15) is 4.39 Å². The minimum atomic E-state index is -0.235. The van der Waals surface area contributed by atoms with Gasteiger partial charge in [0.2, 0.25) is 0 Å². The molecule has 0 saturated carbocycles. The van der Waals surface area contributed by atoms with Crippen molar-refractivity contribution in [3.63, 3.8) is 0 Å². The van der Waals surface area contributed by atoms with Crippen molar-refractivity contribution in [3.05, 3.63) is 89.0 Å². The first-order valence-electron chi connectivity index (χ1n) is 8.11. The predicted octanol–water partition coefficient (Wildman–Crippen LogP) is 5.56. The standard InChI is InChI=1S/C20H15ClFN3S/c21-16-3-1-2-15(10-16)13-26-20-24-18-8-9-23-11-19(18)25(20)12-14-4-6-17(22)7-5-14/h1-11H,12-13H2. The third-order valence-electron chi connectivity index (χ3n) is 4.03. The molecule has 0 bridgehead atoms. The van der Waals surface area contributed by atoms with Gasteiger partial charge in [0.25, 0.3) is 0 Å². The maximum atomic E-state index is 13.2. The smallest absolute Gasteiger partial charge is 0.169 e. The van der Waals surface area contributed by atoms with E-state index in [1.807, 2.05) is 36.5 Å². The van der Waals surface area contributed by atoms with E-state index in [-0.39, 0.29) is 5.82 Å². The molecule has 4 aromatic rings. The highest BCUT2D eigenvalue weighted by molar-refractivity contribution is 7.98. The molecule has 2 heterocycles. The van der Waals surface area contributed by atoms with Crippen molar-refractivity contribution in [1.82, 2.24) is 14.5 Å². The van der Waals surface area contributed by atoms with Crippen molar-refractivity contribution in [3.8, 4) is 0 Å². The van der Waals surface area contributed by atoms with Crippen LogP contribution in [0.1, 0.15) is 11.1 Å². The number of hydrogen-bond acceptors (Lipinski definition) is 3. The zero-order valence-electron chi connectivity index (χ0n) is 13.8. The maximum absolute atomic E-state index is 13.2. The summed E-state index contributed by atoms with van der Waals surface area (Å²) in [4.78, 5) is 8.97. The second-order valence-electron chi connectivity index (χ2n) is 5.89. The van der Waals surface area contributed by atoms with E-state index >= 15 is 0 Å². The molecule has 3 nitrogen and oxygen atoms in total. The van der Waals surface area contributed by atoms with Gasteiger partial charge in [-0.1, -0.05) is 47.6 Å². The molecule has 2 aromatic heterocycles. The van der Waals surface area contributed by atoms with E-state index in [0.717, 1.165) is 38.1 Å². The van der Waals surface area contributed by atoms with Crippen LogP contribution in [0.5, 0.6) is 0 Å². The molecule has 0 saturated heterocycles. The second-order valence-corrected chi connectivity index (χ2v) is 7.27. The third kappa shape index (κ3) is 3.74. The molecule has 0 aliphatic heterocycles. The van der Waals surface area contributed by atoms with Crippen LogP contribution in [0, 0.1) is 5.82 Å². The number of pyridine rings is 1. The van der Waals surface area contributed by atoms with Crippen LogP contribution in [-0.4, -0.2) is 14.5 Å². The topological polar surface area (TPSA) is 30.7 Å². The van der Waals surface area contributed by atoms with Crippen LogP contribution >= 0.6 is 23.4 Å². The second kappa shape index (κ2) is 7.48. The molecule has 0 amide bonds. The number of nitrogens with zero attached hydrogens (tertiary/aromatic N) is 3. The lowest BCUT2D eigenvalue weighted by Crippen LogP contribution is -2.02. The molecule has 0 aliphatic rings. The van der Waals surface area contributed by atoms with Crippen LogP contribution < -0.4 is 0 Å². The Kier molecular flexibility index (Phi) is 4.91. The number of halogens is 2. The largest absolute Gasteiger partial charge is 0.313 e. The third-order valence-corrected chi connectivity index (χ3v) is 5.31. The van der Waals surface area contributed by atoms with Gasteiger partial charge in [-0.2, -0.15) is 0 Å². The van der Waals surface area contributed by atoms with E-state index in [1.54, 1.807) is 30.1 Å². The average molecular weight is 384 g/mol. The van der Waals surface area contributed by atoms with Gasteiger partial charge in [-0.25, -0.2) is 9.37 Å². The zero-order chi connectivity index (χ0) is 17.9. The van der Waals surface area contributed by atoms with Gasteiger partial charge < -0.3 is 4.57 Å². The molecule has 2 aromatic carbocycles. The van der Waals surface area contributed by atoms with Gasteiger partial charge in [0, 0.05) is 17.0 Å². The Labute approximate surface area is 159 Å². The maximum Gasteiger partial charge on any atom is 0.169 e. The lowest BCUT2D eigenvalue weighted by Gasteiger charge is -2.09. The lowest BCUT2D eigenvalue weighted by atomic mass is 10.2. The van der Waals surface area contributed by atoms with Crippen LogP contribution in [0.3, 0.4) is 0 Å². The van der Waals surface area contributed by atoms with E-state index in [1.165, 1.54) is 12.1 Å². The van der Waals surface area contributed by atoms with Crippen LogP contribution in [0.2, 0.25) is 5.02 Å². The highest BCUT2D eigenvalue weighted by Crippen LogP contribution is 2.28. The number of imidazole rings is 1. The van der Waals surface area contributed by atoms with E-state index < -0.39 is 0 Å². The fourth-order valence-electron chi connectivity index (χ4n) is 2.76. The monoisotopic (exact) mass is 383 g/mol. The normalized spacial score (nSPS) is 11.2. The van der Waals surface area contributed by atoms with Gasteiger partial charge in [0.15, 0.2) is 5.16 Å². The summed E-state index contributed by atoms with van der Waals surface area (Å²) in [5.41, 5.74) is 4.02. The lowest BCUT2D eigenvalue weighted by molar-refractivity contribution is 0.625. The fourth-order valence-corrected chi connectivity index (χ4v) is 3.93. The number of benzene rings is 2. The van der Waals surface area contributed by atoms with Gasteiger partial charge in [0.1, 0.15) is 5.82 Å². The molecule has 0 spiro atoms. The summed E-state index contributed by atoms with van der Waals surface area (Å²) in [5.74, 6) is 0.530. The molecule has 0 atom stereocenters. The Morgan fingerprint density at radius 1 is 1.04 bits per heavy atom. The van der Waals surface area contributed by atoms with Crippen LogP contribution in [0.25, 0.3) is 11.0 Å². The molecule has 4 rings (SSSR count). The SMILES string of the molecule is Fc1ccc(Cn2c(SCc3cccc(Cl)c3)nc3ccncc32)cc1. The molecule has 0 aliphatic carbocycles. The highest BCUT2D eigenvalue weighted by atomic mass is 35.5. The summed E-state index contributed by atoms with van der Waals surface area (Å²) in [6, 6.07) is 16.3. The molecule has 6 heteroatoms.